The third-order valence-corrected chi connectivity index (χ3v) is 6.89. The van der Waals surface area contributed by atoms with Gasteiger partial charge in [-0.15, -0.1) is 0 Å². The van der Waals surface area contributed by atoms with Gasteiger partial charge in [0, 0.05) is 19.4 Å². The Bertz CT molecular complexity index is 1480. The van der Waals surface area contributed by atoms with Crippen molar-refractivity contribution < 1.29 is 24.5 Å². The first-order valence-corrected chi connectivity index (χ1v) is 11.8. The molecule has 10 heteroatoms. The van der Waals surface area contributed by atoms with Gasteiger partial charge in [-0.2, -0.15) is 4.99 Å². The Balaban J connectivity index is 1.27. The van der Waals surface area contributed by atoms with E-state index in [4.69, 9.17) is 9.47 Å². The molecule has 1 aliphatic heterocycles. The Morgan fingerprint density at radius 1 is 1.11 bits per heavy atom. The van der Waals surface area contributed by atoms with Crippen molar-refractivity contribution >= 4 is 17.3 Å². The first kappa shape index (κ1) is 22.6. The highest BCUT2D eigenvalue weighted by atomic mass is 16.5. The Labute approximate surface area is 206 Å². The maximum Gasteiger partial charge on any atom is 0.435 e. The minimum Gasteiger partial charge on any atom is -0.447 e. The van der Waals surface area contributed by atoms with Gasteiger partial charge in [0.2, 0.25) is 0 Å². The number of aliphatic hydroxyl groups is 2. The molecule has 4 aromatic rings. The number of aryl methyl sites for hydroxylation is 1. The van der Waals surface area contributed by atoms with Crippen LogP contribution in [-0.4, -0.2) is 60.8 Å². The van der Waals surface area contributed by atoms with Crippen LogP contribution in [0.25, 0.3) is 22.3 Å². The quantitative estimate of drug-likeness (QED) is 0.453. The lowest BCUT2D eigenvalue weighted by Crippen LogP contribution is -2.24. The fourth-order valence-corrected chi connectivity index (χ4v) is 5.11. The lowest BCUT2D eigenvalue weighted by atomic mass is 9.98. The van der Waals surface area contributed by atoms with E-state index < -0.39 is 24.5 Å². The third kappa shape index (κ3) is 3.70. The number of aliphatic hydroxyl groups excluding tert-OH is 2. The van der Waals surface area contributed by atoms with Gasteiger partial charge < -0.3 is 24.3 Å². The van der Waals surface area contributed by atoms with Crippen molar-refractivity contribution in [2.24, 2.45) is 12.0 Å². The predicted octanol–water partition coefficient (Wildman–Crippen LogP) is 2.26. The predicted molar refractivity (Wildman–Crippen MR) is 129 cm³/mol. The van der Waals surface area contributed by atoms with Crippen molar-refractivity contribution in [3.8, 4) is 11.1 Å². The van der Waals surface area contributed by atoms with Crippen LogP contribution in [0.3, 0.4) is 0 Å². The Kier molecular flexibility index (Phi) is 5.63. The van der Waals surface area contributed by atoms with Gasteiger partial charge in [0.15, 0.2) is 16.7 Å². The van der Waals surface area contributed by atoms with Crippen LogP contribution in [0, 0.1) is 0 Å². The molecule has 2 aliphatic rings. The molecule has 6 rings (SSSR count). The lowest BCUT2D eigenvalue weighted by molar-refractivity contribution is -0.0432. The number of benzene rings is 2. The molecule has 2 aromatic heterocycles. The van der Waals surface area contributed by atoms with E-state index in [-0.39, 0.29) is 25.6 Å². The molecular formula is C26H25N5O5. The van der Waals surface area contributed by atoms with E-state index in [0.29, 0.717) is 16.7 Å². The van der Waals surface area contributed by atoms with Crippen molar-refractivity contribution in [1.29, 1.82) is 0 Å². The van der Waals surface area contributed by atoms with Gasteiger partial charge in [0.1, 0.15) is 18.9 Å². The van der Waals surface area contributed by atoms with Gasteiger partial charge in [0.25, 0.3) is 0 Å². The number of nitrogens with zero attached hydrogens (tertiary/aromatic N) is 5. The van der Waals surface area contributed by atoms with Gasteiger partial charge in [0.05, 0.1) is 25.4 Å². The number of hydrogen-bond acceptors (Lipinski definition) is 7. The second kappa shape index (κ2) is 8.98. The fourth-order valence-electron chi connectivity index (χ4n) is 5.11. The number of carbonyl (C=O) groups excluding carboxylic acids is 1. The number of rotatable bonds is 4. The number of aromatic nitrogens is 4. The Morgan fingerprint density at radius 2 is 1.81 bits per heavy atom. The molecule has 2 aromatic carbocycles. The van der Waals surface area contributed by atoms with Gasteiger partial charge in [-0.05, 0) is 22.3 Å². The van der Waals surface area contributed by atoms with Crippen molar-refractivity contribution in [3.05, 3.63) is 77.8 Å². The third-order valence-electron chi connectivity index (χ3n) is 6.89. The van der Waals surface area contributed by atoms with E-state index >= 15 is 0 Å². The van der Waals surface area contributed by atoms with E-state index in [9.17, 15) is 15.0 Å². The highest BCUT2D eigenvalue weighted by Gasteiger charge is 2.35. The standard InChI is InChI=1S/C26H25N5O5/c1-30-13-28-24-23(27-14-31(24)22-10-20(33)21(11-32)36-22)25(30)29-26(34)35-12-19-17-8-4-2-6-15(17)16-7-3-5-9-18(16)19/h2-9,13-14,19-22,32-33H,10-12H2,1H3/t20-,21+,22+/m0/s1. The number of imidazole rings is 1. The van der Waals surface area contributed by atoms with Crippen LogP contribution < -0.4 is 5.49 Å². The van der Waals surface area contributed by atoms with Crippen molar-refractivity contribution in [3.63, 3.8) is 0 Å². The molecule has 3 atom stereocenters. The fraction of sp³-hybridized carbons (Fsp3) is 0.308. The summed E-state index contributed by atoms with van der Waals surface area (Å²) in [6.45, 7) is -0.117. The summed E-state index contributed by atoms with van der Waals surface area (Å²) in [5.74, 6) is -0.0626. The van der Waals surface area contributed by atoms with Crippen LogP contribution in [-0.2, 0) is 16.5 Å². The molecule has 1 amide bonds. The molecule has 0 unspecified atom stereocenters. The minimum absolute atomic E-state index is 0.0626. The van der Waals surface area contributed by atoms with Crippen molar-refractivity contribution in [2.75, 3.05) is 13.2 Å². The first-order valence-electron chi connectivity index (χ1n) is 11.8. The van der Waals surface area contributed by atoms with Crippen molar-refractivity contribution in [2.45, 2.75) is 30.8 Å². The molecular weight excluding hydrogens is 462 g/mol. The number of fused-ring (bicyclic) bond motifs is 4. The summed E-state index contributed by atoms with van der Waals surface area (Å²) >= 11 is 0. The zero-order valence-electron chi connectivity index (χ0n) is 19.6. The molecule has 0 saturated carbocycles. The van der Waals surface area contributed by atoms with E-state index in [1.54, 1.807) is 16.2 Å². The van der Waals surface area contributed by atoms with E-state index in [0.717, 1.165) is 22.3 Å². The Morgan fingerprint density at radius 3 is 2.47 bits per heavy atom. The summed E-state index contributed by atoms with van der Waals surface area (Å²) in [5, 5.41) is 19.5. The molecule has 3 heterocycles. The summed E-state index contributed by atoms with van der Waals surface area (Å²) in [4.78, 5) is 25.9. The van der Waals surface area contributed by atoms with Crippen LogP contribution in [0.2, 0.25) is 0 Å². The summed E-state index contributed by atoms with van der Waals surface area (Å²) in [6, 6.07) is 16.3. The van der Waals surface area contributed by atoms with Crippen LogP contribution in [0.1, 0.15) is 29.7 Å². The summed E-state index contributed by atoms with van der Waals surface area (Å²) in [7, 11) is 1.72. The van der Waals surface area contributed by atoms with Crippen LogP contribution in [0.4, 0.5) is 4.79 Å². The molecule has 1 aliphatic carbocycles. The van der Waals surface area contributed by atoms with Gasteiger partial charge in [-0.3, -0.25) is 4.57 Å². The highest BCUT2D eigenvalue weighted by Crippen LogP contribution is 2.44. The summed E-state index contributed by atoms with van der Waals surface area (Å²) in [6.07, 6.45) is 0.640. The normalized spacial score (nSPS) is 21.6. The average Bonchev–Trinajstić information content (AvgIpc) is 3.58. The molecule has 0 spiro atoms. The van der Waals surface area contributed by atoms with Gasteiger partial charge in [-0.1, -0.05) is 48.5 Å². The number of ether oxygens (including phenoxy) is 2. The zero-order valence-corrected chi connectivity index (χ0v) is 19.6. The summed E-state index contributed by atoms with van der Waals surface area (Å²) in [5.41, 5.74) is 5.72. The first-order chi connectivity index (χ1) is 17.5. The molecule has 1 saturated heterocycles. The second-order valence-corrected chi connectivity index (χ2v) is 9.03. The van der Waals surface area contributed by atoms with E-state index in [1.165, 1.54) is 12.7 Å². The van der Waals surface area contributed by atoms with Crippen LogP contribution in [0.15, 0.2) is 66.2 Å². The molecule has 2 N–H and O–H groups in total. The molecule has 0 bridgehead atoms. The number of amides is 1. The topological polar surface area (TPSA) is 124 Å². The Hall–Kier alpha value is -3.86. The maximum atomic E-state index is 12.8. The number of carbonyl (C=O) groups is 1. The maximum absolute atomic E-state index is 12.8. The van der Waals surface area contributed by atoms with Crippen LogP contribution >= 0.6 is 0 Å². The largest absolute Gasteiger partial charge is 0.447 e. The van der Waals surface area contributed by atoms with Gasteiger partial charge >= 0.3 is 6.09 Å². The van der Waals surface area contributed by atoms with Gasteiger partial charge in [-0.25, -0.2) is 14.8 Å². The monoisotopic (exact) mass is 487 g/mol. The molecule has 1 fully saturated rings. The average molecular weight is 488 g/mol. The number of hydrogen-bond donors (Lipinski definition) is 2. The van der Waals surface area contributed by atoms with E-state index in [2.05, 4.69) is 39.2 Å². The molecule has 0 radical (unpaired) electrons. The zero-order chi connectivity index (χ0) is 24.8. The lowest BCUT2D eigenvalue weighted by Gasteiger charge is -2.14. The minimum atomic E-state index is -0.790. The van der Waals surface area contributed by atoms with Crippen LogP contribution in [0.5, 0.6) is 0 Å². The second-order valence-electron chi connectivity index (χ2n) is 9.03. The van der Waals surface area contributed by atoms with Crippen molar-refractivity contribution in [1.82, 2.24) is 19.1 Å². The van der Waals surface area contributed by atoms with E-state index in [1.807, 2.05) is 24.3 Å². The molecule has 10 nitrogen and oxygen atoms in total. The molecule has 184 valence electrons. The molecule has 36 heavy (non-hydrogen) atoms. The highest BCUT2D eigenvalue weighted by molar-refractivity contribution is 5.79. The summed E-state index contributed by atoms with van der Waals surface area (Å²) < 4.78 is 14.6. The SMILES string of the molecule is Cn1cnc2c(ncn2[C@H]2C[C@H](O)[C@@H](CO)O2)c1=NC(=O)OCC1c2ccccc2-c2ccccc21. The smallest absolute Gasteiger partial charge is 0.435 e.